The van der Waals surface area contributed by atoms with Gasteiger partial charge in [0.15, 0.2) is 0 Å². The van der Waals surface area contributed by atoms with E-state index in [1.165, 1.54) is 48.3 Å². The third-order valence-electron chi connectivity index (χ3n) is 3.81. The molecule has 0 amide bonds. The fraction of sp³-hybridized carbons (Fsp3) is 0.600. The van der Waals surface area contributed by atoms with Crippen LogP contribution in [0.1, 0.15) is 37.7 Å². The molecule has 0 heterocycles. The minimum absolute atomic E-state index is 0.808. The van der Waals surface area contributed by atoms with Crippen molar-refractivity contribution in [1.82, 2.24) is 5.32 Å². The average Bonchev–Trinajstić information content (AvgIpc) is 3.10. The standard InChI is InChI=1S/C15H21NS/c1-2-13(3-1)11-17-15-8-4-12(5-9-15)10-16-14-6-7-14/h4-5,8-9,13-14,16H,1-3,6-7,10-11H2. The largest absolute Gasteiger partial charge is 0.310 e. The monoisotopic (exact) mass is 247 g/mol. The van der Waals surface area contributed by atoms with E-state index in [1.807, 2.05) is 11.8 Å². The molecular formula is C15H21NS. The third kappa shape index (κ3) is 3.49. The van der Waals surface area contributed by atoms with Crippen molar-refractivity contribution in [2.24, 2.45) is 5.92 Å². The van der Waals surface area contributed by atoms with E-state index in [0.717, 1.165) is 18.5 Å². The first kappa shape index (κ1) is 11.6. The van der Waals surface area contributed by atoms with Crippen molar-refractivity contribution in [3.05, 3.63) is 29.8 Å². The van der Waals surface area contributed by atoms with E-state index >= 15 is 0 Å². The van der Waals surface area contributed by atoms with Gasteiger partial charge in [0, 0.05) is 23.2 Å². The van der Waals surface area contributed by atoms with Gasteiger partial charge < -0.3 is 5.32 Å². The van der Waals surface area contributed by atoms with Crippen LogP contribution in [0.5, 0.6) is 0 Å². The summed E-state index contributed by atoms with van der Waals surface area (Å²) in [6, 6.07) is 9.93. The molecule has 0 aromatic heterocycles. The lowest BCUT2D eigenvalue weighted by atomic mass is 9.87. The smallest absolute Gasteiger partial charge is 0.0208 e. The quantitative estimate of drug-likeness (QED) is 0.767. The van der Waals surface area contributed by atoms with Crippen LogP contribution in [-0.4, -0.2) is 11.8 Å². The molecule has 0 spiro atoms. The Bertz CT molecular complexity index is 352. The molecule has 2 aliphatic carbocycles. The lowest BCUT2D eigenvalue weighted by molar-refractivity contribution is 0.353. The fourth-order valence-corrected chi connectivity index (χ4v) is 3.22. The van der Waals surface area contributed by atoms with Crippen LogP contribution < -0.4 is 5.32 Å². The Morgan fingerprint density at radius 1 is 1.06 bits per heavy atom. The number of benzene rings is 1. The van der Waals surface area contributed by atoms with Crippen LogP contribution in [0.4, 0.5) is 0 Å². The van der Waals surface area contributed by atoms with Crippen LogP contribution >= 0.6 is 11.8 Å². The van der Waals surface area contributed by atoms with Crippen molar-refractivity contribution >= 4 is 11.8 Å². The molecule has 2 saturated carbocycles. The molecule has 17 heavy (non-hydrogen) atoms. The molecule has 0 aliphatic heterocycles. The Hall–Kier alpha value is -0.470. The van der Waals surface area contributed by atoms with Gasteiger partial charge in [-0.25, -0.2) is 0 Å². The third-order valence-corrected chi connectivity index (χ3v) is 5.05. The number of hydrogen-bond acceptors (Lipinski definition) is 2. The molecule has 3 rings (SSSR count). The number of thioether (sulfide) groups is 1. The van der Waals surface area contributed by atoms with E-state index < -0.39 is 0 Å². The average molecular weight is 247 g/mol. The maximum Gasteiger partial charge on any atom is 0.0208 e. The Morgan fingerprint density at radius 2 is 1.82 bits per heavy atom. The summed E-state index contributed by atoms with van der Waals surface area (Å²) >= 11 is 2.03. The molecule has 0 unspecified atom stereocenters. The van der Waals surface area contributed by atoms with E-state index in [2.05, 4.69) is 29.6 Å². The summed E-state index contributed by atoms with van der Waals surface area (Å²) in [4.78, 5) is 1.44. The van der Waals surface area contributed by atoms with Gasteiger partial charge in [0.25, 0.3) is 0 Å². The zero-order chi connectivity index (χ0) is 11.5. The SMILES string of the molecule is c1cc(SCC2CCC2)ccc1CNC1CC1. The molecular weight excluding hydrogens is 226 g/mol. The van der Waals surface area contributed by atoms with Gasteiger partial charge in [0.2, 0.25) is 0 Å². The molecule has 1 aromatic rings. The summed E-state index contributed by atoms with van der Waals surface area (Å²) in [7, 11) is 0. The first-order valence-corrected chi connectivity index (χ1v) is 7.84. The molecule has 0 radical (unpaired) electrons. The fourth-order valence-electron chi connectivity index (χ4n) is 2.13. The molecule has 2 heteroatoms. The van der Waals surface area contributed by atoms with Crippen molar-refractivity contribution in [2.45, 2.75) is 49.6 Å². The highest BCUT2D eigenvalue weighted by Gasteiger charge is 2.20. The van der Waals surface area contributed by atoms with Crippen molar-refractivity contribution in [2.75, 3.05) is 5.75 Å². The van der Waals surface area contributed by atoms with Crippen molar-refractivity contribution in [1.29, 1.82) is 0 Å². The summed E-state index contributed by atoms with van der Waals surface area (Å²) < 4.78 is 0. The summed E-state index contributed by atoms with van der Waals surface area (Å²) in [5.74, 6) is 2.32. The zero-order valence-corrected chi connectivity index (χ0v) is 11.1. The molecule has 1 N–H and O–H groups in total. The number of rotatable bonds is 6. The number of hydrogen-bond donors (Lipinski definition) is 1. The van der Waals surface area contributed by atoms with Gasteiger partial charge >= 0.3 is 0 Å². The summed E-state index contributed by atoms with van der Waals surface area (Å²) in [6.07, 6.45) is 7.11. The lowest BCUT2D eigenvalue weighted by Crippen LogP contribution is -2.15. The number of nitrogens with one attached hydrogen (secondary N) is 1. The predicted octanol–water partition coefficient (Wildman–Crippen LogP) is 3.83. The Balaban J connectivity index is 1.44. The maximum absolute atomic E-state index is 3.55. The van der Waals surface area contributed by atoms with Crippen LogP contribution in [0.15, 0.2) is 29.2 Å². The molecule has 0 bridgehead atoms. The summed E-state index contributed by atoms with van der Waals surface area (Å²) in [5, 5.41) is 3.55. The Morgan fingerprint density at radius 3 is 2.41 bits per heavy atom. The van der Waals surface area contributed by atoms with Gasteiger partial charge in [-0.05, 0) is 49.3 Å². The maximum atomic E-state index is 3.55. The van der Waals surface area contributed by atoms with E-state index in [1.54, 1.807) is 0 Å². The molecule has 1 nitrogen and oxygen atoms in total. The Labute approximate surface area is 108 Å². The van der Waals surface area contributed by atoms with Crippen LogP contribution in [0.2, 0.25) is 0 Å². The molecule has 92 valence electrons. The summed E-state index contributed by atoms with van der Waals surface area (Å²) in [5.41, 5.74) is 1.42. The minimum atomic E-state index is 0.808. The van der Waals surface area contributed by atoms with Gasteiger partial charge in [-0.1, -0.05) is 18.6 Å². The second-order valence-electron chi connectivity index (χ2n) is 5.41. The first-order valence-electron chi connectivity index (χ1n) is 6.85. The van der Waals surface area contributed by atoms with Gasteiger partial charge in [0.1, 0.15) is 0 Å². The topological polar surface area (TPSA) is 12.0 Å². The van der Waals surface area contributed by atoms with Crippen molar-refractivity contribution in [3.63, 3.8) is 0 Å². The van der Waals surface area contributed by atoms with Crippen LogP contribution in [-0.2, 0) is 6.54 Å². The molecule has 2 aliphatic rings. The van der Waals surface area contributed by atoms with Gasteiger partial charge in [-0.2, -0.15) is 0 Å². The van der Waals surface area contributed by atoms with E-state index in [-0.39, 0.29) is 0 Å². The highest BCUT2D eigenvalue weighted by atomic mass is 32.2. The molecule has 0 atom stereocenters. The van der Waals surface area contributed by atoms with Gasteiger partial charge in [0.05, 0.1) is 0 Å². The second-order valence-corrected chi connectivity index (χ2v) is 6.50. The molecule has 2 fully saturated rings. The molecule has 1 aromatic carbocycles. The summed E-state index contributed by atoms with van der Waals surface area (Å²) in [6.45, 7) is 1.04. The Kier molecular flexibility index (Phi) is 3.72. The normalized spacial score (nSPS) is 20.2. The van der Waals surface area contributed by atoms with Gasteiger partial charge in [-0.15, -0.1) is 11.8 Å². The minimum Gasteiger partial charge on any atom is -0.310 e. The first-order chi connectivity index (χ1) is 8.40. The van der Waals surface area contributed by atoms with Crippen LogP contribution in [0.3, 0.4) is 0 Å². The second kappa shape index (κ2) is 5.45. The lowest BCUT2D eigenvalue weighted by Gasteiger charge is -2.24. The van der Waals surface area contributed by atoms with Crippen LogP contribution in [0, 0.1) is 5.92 Å². The highest BCUT2D eigenvalue weighted by molar-refractivity contribution is 7.99. The van der Waals surface area contributed by atoms with Crippen molar-refractivity contribution in [3.8, 4) is 0 Å². The highest BCUT2D eigenvalue weighted by Crippen LogP contribution is 2.32. The predicted molar refractivity (Wildman–Crippen MR) is 74.4 cm³/mol. The van der Waals surface area contributed by atoms with E-state index in [0.29, 0.717) is 0 Å². The molecule has 0 saturated heterocycles. The van der Waals surface area contributed by atoms with E-state index in [9.17, 15) is 0 Å². The van der Waals surface area contributed by atoms with E-state index in [4.69, 9.17) is 0 Å². The van der Waals surface area contributed by atoms with Crippen LogP contribution in [0.25, 0.3) is 0 Å². The zero-order valence-electron chi connectivity index (χ0n) is 10.3. The van der Waals surface area contributed by atoms with Crippen molar-refractivity contribution < 1.29 is 0 Å². The van der Waals surface area contributed by atoms with Gasteiger partial charge in [-0.3, -0.25) is 0 Å².